The number of aryl methyl sites for hydroxylation is 2. The van der Waals surface area contributed by atoms with E-state index < -0.39 is 0 Å². The van der Waals surface area contributed by atoms with Crippen LogP contribution < -0.4 is 10.1 Å². The standard InChI is InChI=1S/C19H20N2O2/c1-23-18-7-3-5-15-9-11-16(21-19(15)18)10-8-14-4-2-6-17(12-14)20-13-22/h2-7,12,16,21H,8-11H2,1H3. The van der Waals surface area contributed by atoms with Gasteiger partial charge in [0.05, 0.1) is 18.5 Å². The second-order valence-corrected chi connectivity index (χ2v) is 5.79. The average Bonchev–Trinajstić information content (AvgIpc) is 2.60. The van der Waals surface area contributed by atoms with E-state index in [9.17, 15) is 4.79 Å². The fourth-order valence-corrected chi connectivity index (χ4v) is 3.12. The van der Waals surface area contributed by atoms with Gasteiger partial charge in [-0.25, -0.2) is 4.79 Å². The third-order valence-electron chi connectivity index (χ3n) is 4.31. The van der Waals surface area contributed by atoms with Gasteiger partial charge < -0.3 is 10.1 Å². The summed E-state index contributed by atoms with van der Waals surface area (Å²) in [4.78, 5) is 14.0. The molecule has 118 valence electrons. The number of rotatable bonds is 5. The summed E-state index contributed by atoms with van der Waals surface area (Å²) in [6, 6.07) is 14.4. The van der Waals surface area contributed by atoms with Crippen molar-refractivity contribution in [3.63, 3.8) is 0 Å². The van der Waals surface area contributed by atoms with Crippen molar-refractivity contribution in [2.24, 2.45) is 4.99 Å². The molecule has 0 saturated carbocycles. The van der Waals surface area contributed by atoms with Crippen molar-refractivity contribution in [3.8, 4) is 5.75 Å². The Kier molecular flexibility index (Phi) is 4.74. The van der Waals surface area contributed by atoms with Gasteiger partial charge >= 0.3 is 0 Å². The van der Waals surface area contributed by atoms with E-state index in [4.69, 9.17) is 4.74 Å². The van der Waals surface area contributed by atoms with Crippen molar-refractivity contribution in [3.05, 3.63) is 53.6 Å². The van der Waals surface area contributed by atoms with Crippen LogP contribution in [0.1, 0.15) is 24.0 Å². The fourth-order valence-electron chi connectivity index (χ4n) is 3.12. The van der Waals surface area contributed by atoms with Gasteiger partial charge in [0.2, 0.25) is 6.08 Å². The molecular formula is C19H20N2O2. The first-order valence-electron chi connectivity index (χ1n) is 7.89. The highest BCUT2D eigenvalue weighted by Crippen LogP contribution is 2.34. The number of anilines is 1. The molecule has 0 aliphatic carbocycles. The summed E-state index contributed by atoms with van der Waals surface area (Å²) in [5.74, 6) is 0.912. The summed E-state index contributed by atoms with van der Waals surface area (Å²) in [5, 5.41) is 3.62. The maximum Gasteiger partial charge on any atom is 0.240 e. The van der Waals surface area contributed by atoms with Crippen molar-refractivity contribution < 1.29 is 9.53 Å². The first-order chi connectivity index (χ1) is 11.3. The summed E-state index contributed by atoms with van der Waals surface area (Å²) < 4.78 is 5.45. The monoisotopic (exact) mass is 308 g/mol. The topological polar surface area (TPSA) is 50.7 Å². The van der Waals surface area contributed by atoms with Crippen LogP contribution in [0.15, 0.2) is 47.5 Å². The molecule has 0 radical (unpaired) electrons. The van der Waals surface area contributed by atoms with E-state index in [1.54, 1.807) is 13.2 Å². The number of isocyanates is 1. The Balaban J connectivity index is 1.66. The van der Waals surface area contributed by atoms with Gasteiger partial charge in [0.1, 0.15) is 5.75 Å². The van der Waals surface area contributed by atoms with Gasteiger partial charge in [-0.05, 0) is 55.0 Å². The molecule has 0 bridgehead atoms. The number of hydrogen-bond donors (Lipinski definition) is 1. The van der Waals surface area contributed by atoms with Gasteiger partial charge in [-0.1, -0.05) is 24.3 Å². The predicted octanol–water partition coefficient (Wildman–Crippen LogP) is 4.02. The maximum atomic E-state index is 10.4. The molecule has 1 atom stereocenters. The molecule has 0 amide bonds. The summed E-state index contributed by atoms with van der Waals surface area (Å²) >= 11 is 0. The highest BCUT2D eigenvalue weighted by Gasteiger charge is 2.20. The van der Waals surface area contributed by atoms with Gasteiger partial charge in [0.15, 0.2) is 0 Å². The molecule has 1 aliphatic rings. The Hall–Kier alpha value is -2.58. The molecule has 1 unspecified atom stereocenters. The van der Waals surface area contributed by atoms with Crippen molar-refractivity contribution in [2.75, 3.05) is 12.4 Å². The molecular weight excluding hydrogens is 288 g/mol. The minimum Gasteiger partial charge on any atom is -0.495 e. The number of carbonyl (C=O) groups excluding carboxylic acids is 1. The number of nitrogens with zero attached hydrogens (tertiary/aromatic N) is 1. The SMILES string of the molecule is COc1cccc2c1NC(CCc1cccc(N=C=O)c1)CC2. The first kappa shape index (κ1) is 15.3. The van der Waals surface area contributed by atoms with E-state index in [1.165, 1.54) is 11.1 Å². The molecule has 0 spiro atoms. The lowest BCUT2D eigenvalue weighted by atomic mass is 9.93. The Morgan fingerprint density at radius 2 is 2.17 bits per heavy atom. The molecule has 23 heavy (non-hydrogen) atoms. The Morgan fingerprint density at radius 1 is 1.30 bits per heavy atom. The fraction of sp³-hybridized carbons (Fsp3) is 0.316. The van der Waals surface area contributed by atoms with Gasteiger partial charge in [-0.2, -0.15) is 4.99 Å². The molecule has 1 aliphatic heterocycles. The highest BCUT2D eigenvalue weighted by molar-refractivity contribution is 5.64. The number of methoxy groups -OCH3 is 1. The van der Waals surface area contributed by atoms with Gasteiger partial charge in [-0.3, -0.25) is 0 Å². The zero-order chi connectivity index (χ0) is 16.1. The van der Waals surface area contributed by atoms with Crippen LogP contribution in [0.2, 0.25) is 0 Å². The Bertz CT molecular complexity index is 722. The zero-order valence-electron chi connectivity index (χ0n) is 13.2. The zero-order valence-corrected chi connectivity index (χ0v) is 13.2. The quantitative estimate of drug-likeness (QED) is 0.670. The number of fused-ring (bicyclic) bond motifs is 1. The summed E-state index contributed by atoms with van der Waals surface area (Å²) in [6.07, 6.45) is 5.76. The van der Waals surface area contributed by atoms with E-state index in [2.05, 4.69) is 22.4 Å². The average molecular weight is 308 g/mol. The lowest BCUT2D eigenvalue weighted by molar-refractivity contribution is 0.413. The second kappa shape index (κ2) is 7.12. The van der Waals surface area contributed by atoms with Crippen molar-refractivity contribution >= 4 is 17.5 Å². The summed E-state index contributed by atoms with van der Waals surface area (Å²) in [7, 11) is 1.71. The number of benzene rings is 2. The van der Waals surface area contributed by atoms with Crippen LogP contribution in [0.5, 0.6) is 5.75 Å². The van der Waals surface area contributed by atoms with Crippen LogP contribution in [-0.4, -0.2) is 19.2 Å². The van der Waals surface area contributed by atoms with Crippen LogP contribution in [0.25, 0.3) is 0 Å². The first-order valence-corrected chi connectivity index (χ1v) is 7.89. The summed E-state index contributed by atoms with van der Waals surface area (Å²) in [5.41, 5.74) is 4.31. The van der Waals surface area contributed by atoms with Crippen LogP contribution in [0, 0.1) is 0 Å². The van der Waals surface area contributed by atoms with Crippen LogP contribution >= 0.6 is 0 Å². The minimum atomic E-state index is 0.428. The lowest BCUT2D eigenvalue weighted by Gasteiger charge is -2.28. The van der Waals surface area contributed by atoms with Gasteiger partial charge in [-0.15, -0.1) is 0 Å². The molecule has 2 aromatic carbocycles. The molecule has 4 nitrogen and oxygen atoms in total. The van der Waals surface area contributed by atoms with Crippen LogP contribution in [-0.2, 0) is 17.6 Å². The number of para-hydroxylation sites is 1. The third-order valence-corrected chi connectivity index (χ3v) is 4.31. The minimum absolute atomic E-state index is 0.428. The van der Waals surface area contributed by atoms with E-state index in [0.717, 1.165) is 37.1 Å². The predicted molar refractivity (Wildman–Crippen MR) is 91.3 cm³/mol. The van der Waals surface area contributed by atoms with Crippen LogP contribution in [0.3, 0.4) is 0 Å². The number of aliphatic imine (C=N–C) groups is 1. The van der Waals surface area contributed by atoms with Crippen molar-refractivity contribution in [1.82, 2.24) is 0 Å². The van der Waals surface area contributed by atoms with E-state index in [0.29, 0.717) is 11.7 Å². The molecule has 0 fully saturated rings. The Morgan fingerprint density at radius 3 is 3.00 bits per heavy atom. The smallest absolute Gasteiger partial charge is 0.240 e. The van der Waals surface area contributed by atoms with E-state index >= 15 is 0 Å². The maximum absolute atomic E-state index is 10.4. The number of ether oxygens (including phenoxy) is 1. The van der Waals surface area contributed by atoms with Crippen molar-refractivity contribution in [2.45, 2.75) is 31.7 Å². The molecule has 0 aromatic heterocycles. The lowest BCUT2D eigenvalue weighted by Crippen LogP contribution is -2.26. The number of hydrogen-bond acceptors (Lipinski definition) is 4. The van der Waals surface area contributed by atoms with Gasteiger partial charge in [0.25, 0.3) is 0 Å². The van der Waals surface area contributed by atoms with Crippen molar-refractivity contribution in [1.29, 1.82) is 0 Å². The van der Waals surface area contributed by atoms with Gasteiger partial charge in [0, 0.05) is 6.04 Å². The Labute approximate surface area is 136 Å². The summed E-state index contributed by atoms with van der Waals surface area (Å²) in [6.45, 7) is 0. The third kappa shape index (κ3) is 3.61. The molecule has 1 heterocycles. The molecule has 4 heteroatoms. The van der Waals surface area contributed by atoms with Crippen LogP contribution in [0.4, 0.5) is 11.4 Å². The molecule has 2 aromatic rings. The molecule has 0 saturated heterocycles. The number of nitrogens with one attached hydrogen (secondary N) is 1. The second-order valence-electron chi connectivity index (χ2n) is 5.79. The molecule has 3 rings (SSSR count). The van der Waals surface area contributed by atoms with E-state index in [1.807, 2.05) is 30.3 Å². The normalized spacial score (nSPS) is 16.0. The molecule has 1 N–H and O–H groups in total. The largest absolute Gasteiger partial charge is 0.495 e. The highest BCUT2D eigenvalue weighted by atomic mass is 16.5. The van der Waals surface area contributed by atoms with E-state index in [-0.39, 0.29) is 0 Å².